The third kappa shape index (κ3) is 3.92. The molecule has 3 aromatic rings. The fraction of sp³-hybridized carbons (Fsp3) is 0.176. The van der Waals surface area contributed by atoms with E-state index in [1.54, 1.807) is 45.2 Å². The summed E-state index contributed by atoms with van der Waals surface area (Å²) in [6, 6.07) is 9.19. The van der Waals surface area contributed by atoms with Gasteiger partial charge in [0.05, 0.1) is 16.3 Å². The Kier molecular flexibility index (Phi) is 5.13. The number of thiophene rings is 1. The summed E-state index contributed by atoms with van der Waals surface area (Å²) in [6.45, 7) is 3.21. The smallest absolute Gasteiger partial charge is 0.273 e. The van der Waals surface area contributed by atoms with Crippen LogP contribution in [0.3, 0.4) is 0 Å². The first-order valence-electron chi connectivity index (χ1n) is 7.87. The number of hydrogen-bond donors (Lipinski definition) is 2. The quantitative estimate of drug-likeness (QED) is 0.635. The molecule has 0 aliphatic heterocycles. The standard InChI is InChI=1S/C17H17FN4O3S2/c1-10-16(11(2)22(3)20-10)27(24,25)21-19-17(23)15-9-8-14(26-15)12-4-6-13(18)7-5-12/h4-9,21H,1-3H3,(H,19,23). The first kappa shape index (κ1) is 19.2. The molecule has 10 heteroatoms. The topological polar surface area (TPSA) is 93.1 Å². The highest BCUT2D eigenvalue weighted by Crippen LogP contribution is 2.28. The zero-order valence-corrected chi connectivity index (χ0v) is 16.4. The molecule has 0 saturated heterocycles. The van der Waals surface area contributed by atoms with Crippen molar-refractivity contribution in [2.75, 3.05) is 0 Å². The van der Waals surface area contributed by atoms with Crippen molar-refractivity contribution >= 4 is 27.3 Å². The van der Waals surface area contributed by atoms with Crippen molar-refractivity contribution in [3.63, 3.8) is 0 Å². The predicted octanol–water partition coefficient (Wildman–Crippen LogP) is 2.53. The third-order valence-corrected chi connectivity index (χ3v) is 6.60. The number of halogens is 1. The number of hydrazine groups is 1. The number of nitrogens with one attached hydrogen (secondary N) is 2. The van der Waals surface area contributed by atoms with E-state index in [1.165, 1.54) is 28.2 Å². The fourth-order valence-corrected chi connectivity index (χ4v) is 4.79. The van der Waals surface area contributed by atoms with Crippen molar-refractivity contribution in [2.24, 2.45) is 7.05 Å². The summed E-state index contributed by atoms with van der Waals surface area (Å²) in [5.74, 6) is -0.931. The molecule has 0 aliphatic rings. The van der Waals surface area contributed by atoms with Gasteiger partial charge in [0.25, 0.3) is 15.9 Å². The van der Waals surface area contributed by atoms with Gasteiger partial charge in [-0.3, -0.25) is 14.9 Å². The first-order valence-corrected chi connectivity index (χ1v) is 10.2. The van der Waals surface area contributed by atoms with Crippen molar-refractivity contribution < 1.29 is 17.6 Å². The van der Waals surface area contributed by atoms with Gasteiger partial charge in [0.2, 0.25) is 0 Å². The summed E-state index contributed by atoms with van der Waals surface area (Å²) in [4.78, 5) is 15.5. The van der Waals surface area contributed by atoms with E-state index in [2.05, 4.69) is 15.4 Å². The number of sulfonamides is 1. The molecule has 3 rings (SSSR count). The Morgan fingerprint density at radius 2 is 1.81 bits per heavy atom. The molecule has 0 saturated carbocycles. The zero-order valence-electron chi connectivity index (χ0n) is 14.8. The molecule has 2 aromatic heterocycles. The van der Waals surface area contributed by atoms with E-state index < -0.39 is 15.9 Å². The second-order valence-electron chi connectivity index (χ2n) is 5.85. The number of carbonyl (C=O) groups excluding carboxylic acids is 1. The average molecular weight is 408 g/mol. The molecule has 142 valence electrons. The maximum absolute atomic E-state index is 13.0. The number of aromatic nitrogens is 2. The molecule has 0 fully saturated rings. The molecule has 27 heavy (non-hydrogen) atoms. The van der Waals surface area contributed by atoms with Crippen LogP contribution in [0.1, 0.15) is 21.1 Å². The molecular weight excluding hydrogens is 391 g/mol. The average Bonchev–Trinajstić information content (AvgIpc) is 3.19. The van der Waals surface area contributed by atoms with Crippen molar-refractivity contribution in [3.05, 3.63) is 58.5 Å². The molecule has 7 nitrogen and oxygen atoms in total. The Hall–Kier alpha value is -2.56. The van der Waals surface area contributed by atoms with Crippen LogP contribution in [0, 0.1) is 19.7 Å². The number of benzene rings is 1. The molecule has 0 bridgehead atoms. The van der Waals surface area contributed by atoms with Crippen molar-refractivity contribution in [2.45, 2.75) is 18.7 Å². The molecule has 2 heterocycles. The van der Waals surface area contributed by atoms with Crippen LogP contribution in [-0.2, 0) is 17.1 Å². The lowest BCUT2D eigenvalue weighted by molar-refractivity contribution is 0.0949. The second-order valence-corrected chi connectivity index (χ2v) is 8.56. The van der Waals surface area contributed by atoms with Crippen molar-refractivity contribution in [3.8, 4) is 10.4 Å². The van der Waals surface area contributed by atoms with E-state index in [0.717, 1.165) is 10.4 Å². The minimum absolute atomic E-state index is 0.0310. The lowest BCUT2D eigenvalue weighted by Gasteiger charge is -2.08. The lowest BCUT2D eigenvalue weighted by Crippen LogP contribution is -2.41. The summed E-state index contributed by atoms with van der Waals surface area (Å²) in [5.41, 5.74) is 3.78. The van der Waals surface area contributed by atoms with Crippen LogP contribution in [0.2, 0.25) is 0 Å². The number of carbonyl (C=O) groups is 1. The number of nitrogens with zero attached hydrogens (tertiary/aromatic N) is 2. The summed E-state index contributed by atoms with van der Waals surface area (Å²) < 4.78 is 39.4. The van der Waals surface area contributed by atoms with E-state index in [0.29, 0.717) is 16.3 Å². The van der Waals surface area contributed by atoms with Crippen LogP contribution in [0.4, 0.5) is 4.39 Å². The number of rotatable bonds is 5. The Bertz CT molecular complexity index is 1100. The normalized spacial score (nSPS) is 11.6. The summed E-state index contributed by atoms with van der Waals surface area (Å²) in [5, 5.41) is 4.07. The van der Waals surface area contributed by atoms with Gasteiger partial charge in [-0.2, -0.15) is 5.10 Å². The fourth-order valence-electron chi connectivity index (χ4n) is 2.60. The van der Waals surface area contributed by atoms with E-state index >= 15 is 0 Å². The van der Waals surface area contributed by atoms with E-state index in [1.807, 2.05) is 0 Å². The summed E-state index contributed by atoms with van der Waals surface area (Å²) in [6.07, 6.45) is 0. The maximum Gasteiger partial charge on any atom is 0.276 e. The van der Waals surface area contributed by atoms with Crippen LogP contribution >= 0.6 is 11.3 Å². The molecule has 0 aliphatic carbocycles. The van der Waals surface area contributed by atoms with Gasteiger partial charge in [0, 0.05) is 11.9 Å². The third-order valence-electron chi connectivity index (χ3n) is 3.97. The molecule has 0 atom stereocenters. The van der Waals surface area contributed by atoms with Crippen LogP contribution in [0.25, 0.3) is 10.4 Å². The second kappa shape index (κ2) is 7.22. The SMILES string of the molecule is Cc1nn(C)c(C)c1S(=O)(=O)NNC(=O)c1ccc(-c2ccc(F)cc2)s1. The molecule has 2 N–H and O–H groups in total. The van der Waals surface area contributed by atoms with Crippen molar-refractivity contribution in [1.29, 1.82) is 0 Å². The lowest BCUT2D eigenvalue weighted by atomic mass is 10.2. The maximum atomic E-state index is 13.0. The molecule has 1 amide bonds. The van der Waals surface area contributed by atoms with Gasteiger partial charge in [-0.05, 0) is 43.7 Å². The van der Waals surface area contributed by atoms with E-state index in [9.17, 15) is 17.6 Å². The first-order chi connectivity index (χ1) is 12.7. The van der Waals surface area contributed by atoms with Gasteiger partial charge in [-0.1, -0.05) is 12.1 Å². The van der Waals surface area contributed by atoms with Gasteiger partial charge in [-0.15, -0.1) is 16.2 Å². The zero-order chi connectivity index (χ0) is 19.8. The van der Waals surface area contributed by atoms with E-state index in [-0.39, 0.29) is 10.7 Å². The Balaban J connectivity index is 1.73. The molecule has 0 radical (unpaired) electrons. The van der Waals surface area contributed by atoms with Gasteiger partial charge in [0.1, 0.15) is 10.7 Å². The Morgan fingerprint density at radius 1 is 1.15 bits per heavy atom. The minimum atomic E-state index is -3.96. The Morgan fingerprint density at radius 3 is 2.41 bits per heavy atom. The number of hydrogen-bond acceptors (Lipinski definition) is 5. The largest absolute Gasteiger partial charge is 0.276 e. The van der Waals surface area contributed by atoms with E-state index in [4.69, 9.17) is 0 Å². The van der Waals surface area contributed by atoms with Crippen molar-refractivity contribution in [1.82, 2.24) is 20.0 Å². The highest BCUT2D eigenvalue weighted by atomic mass is 32.2. The molecule has 0 spiro atoms. The van der Waals surface area contributed by atoms with Crippen LogP contribution < -0.4 is 10.3 Å². The molecule has 1 aromatic carbocycles. The predicted molar refractivity (Wildman–Crippen MR) is 100 cm³/mol. The summed E-state index contributed by atoms with van der Waals surface area (Å²) in [7, 11) is -2.31. The highest BCUT2D eigenvalue weighted by molar-refractivity contribution is 7.89. The van der Waals surface area contributed by atoms with Gasteiger partial charge >= 0.3 is 0 Å². The summed E-state index contributed by atoms with van der Waals surface area (Å²) >= 11 is 1.17. The number of amides is 1. The van der Waals surface area contributed by atoms with Gasteiger partial charge in [-0.25, -0.2) is 12.8 Å². The van der Waals surface area contributed by atoms with Crippen LogP contribution in [0.5, 0.6) is 0 Å². The Labute approximate surface area is 159 Å². The van der Waals surface area contributed by atoms with Gasteiger partial charge < -0.3 is 0 Å². The molecule has 0 unspecified atom stereocenters. The van der Waals surface area contributed by atoms with Crippen LogP contribution in [-0.4, -0.2) is 24.1 Å². The highest BCUT2D eigenvalue weighted by Gasteiger charge is 2.24. The monoisotopic (exact) mass is 408 g/mol. The number of aryl methyl sites for hydroxylation is 2. The molecular formula is C17H17FN4O3S2. The van der Waals surface area contributed by atoms with Gasteiger partial charge in [0.15, 0.2) is 0 Å². The van der Waals surface area contributed by atoms with Crippen LogP contribution in [0.15, 0.2) is 41.3 Å². The minimum Gasteiger partial charge on any atom is -0.273 e.